The molecular weight excluding hydrogens is 320 g/mol. The van der Waals surface area contributed by atoms with Gasteiger partial charge in [-0.2, -0.15) is 0 Å². The highest BCUT2D eigenvalue weighted by molar-refractivity contribution is 9.09. The van der Waals surface area contributed by atoms with E-state index in [1.807, 2.05) is 0 Å². The lowest BCUT2D eigenvalue weighted by Crippen LogP contribution is -2.10. The van der Waals surface area contributed by atoms with Gasteiger partial charge in [-0.1, -0.05) is 61.4 Å². The predicted octanol–water partition coefficient (Wildman–Crippen LogP) is 4.86. The van der Waals surface area contributed by atoms with Crippen molar-refractivity contribution < 1.29 is 14.3 Å². The van der Waals surface area contributed by atoms with E-state index >= 15 is 0 Å². The van der Waals surface area contributed by atoms with E-state index in [1.165, 1.54) is 38.5 Å². The van der Waals surface area contributed by atoms with Gasteiger partial charge in [0.15, 0.2) is 0 Å². The van der Waals surface area contributed by atoms with Crippen LogP contribution in [0.2, 0.25) is 0 Å². The van der Waals surface area contributed by atoms with E-state index < -0.39 is 0 Å². The summed E-state index contributed by atoms with van der Waals surface area (Å²) in [4.78, 5) is 11.4. The Balaban J connectivity index is 3.11. The minimum absolute atomic E-state index is 0.0876. The highest BCUT2D eigenvalue weighted by Gasteiger charge is 2.02. The van der Waals surface area contributed by atoms with Crippen molar-refractivity contribution in [2.75, 3.05) is 25.2 Å². The van der Waals surface area contributed by atoms with Crippen LogP contribution in [0.4, 0.5) is 0 Å². The van der Waals surface area contributed by atoms with Gasteiger partial charge in [0.25, 0.3) is 0 Å². The van der Waals surface area contributed by atoms with Gasteiger partial charge in [0.2, 0.25) is 0 Å². The van der Waals surface area contributed by atoms with Crippen molar-refractivity contribution in [3.63, 3.8) is 0 Å². The Morgan fingerprint density at radius 3 is 2.30 bits per heavy atom. The second kappa shape index (κ2) is 17.0. The Labute approximate surface area is 132 Å². The number of unbranched alkanes of at least 4 members (excludes halogenated alkanes) is 7. The fourth-order valence-corrected chi connectivity index (χ4v) is 2.31. The van der Waals surface area contributed by atoms with Crippen molar-refractivity contribution in [3.05, 3.63) is 0 Å². The molecule has 4 heteroatoms. The average molecular weight is 351 g/mol. The van der Waals surface area contributed by atoms with Crippen molar-refractivity contribution in [2.45, 2.75) is 71.1 Å². The molecule has 0 saturated carbocycles. The van der Waals surface area contributed by atoms with Crippen LogP contribution in [0.15, 0.2) is 0 Å². The van der Waals surface area contributed by atoms with Gasteiger partial charge in [-0.3, -0.25) is 4.79 Å². The summed E-state index contributed by atoms with van der Waals surface area (Å²) in [6.07, 6.45) is 11.2. The Morgan fingerprint density at radius 1 is 0.850 bits per heavy atom. The molecule has 0 amide bonds. The van der Waals surface area contributed by atoms with Gasteiger partial charge < -0.3 is 9.47 Å². The van der Waals surface area contributed by atoms with Crippen LogP contribution < -0.4 is 0 Å². The minimum atomic E-state index is -0.0876. The molecule has 0 aromatic heterocycles. The Morgan fingerprint density at radius 2 is 1.55 bits per heavy atom. The summed E-state index contributed by atoms with van der Waals surface area (Å²) in [5.41, 5.74) is 0. The van der Waals surface area contributed by atoms with Crippen LogP contribution in [0.1, 0.15) is 71.1 Å². The van der Waals surface area contributed by atoms with Crippen LogP contribution >= 0.6 is 15.9 Å². The number of esters is 1. The Kier molecular flexibility index (Phi) is 16.9. The van der Waals surface area contributed by atoms with Gasteiger partial charge >= 0.3 is 5.97 Å². The zero-order chi connectivity index (χ0) is 14.9. The van der Waals surface area contributed by atoms with Crippen molar-refractivity contribution in [1.29, 1.82) is 0 Å². The second-order valence-corrected chi connectivity index (χ2v) is 5.89. The lowest BCUT2D eigenvalue weighted by molar-refractivity contribution is -0.145. The maximum absolute atomic E-state index is 11.4. The van der Waals surface area contributed by atoms with Crippen molar-refractivity contribution >= 4 is 21.9 Å². The molecule has 0 spiro atoms. The molecule has 0 fully saturated rings. The molecule has 0 rings (SSSR count). The van der Waals surface area contributed by atoms with Gasteiger partial charge in [-0.25, -0.2) is 0 Å². The highest BCUT2D eigenvalue weighted by atomic mass is 79.9. The summed E-state index contributed by atoms with van der Waals surface area (Å²) in [6, 6.07) is 0. The number of rotatable bonds is 15. The summed E-state index contributed by atoms with van der Waals surface area (Å²) in [5.74, 6) is -0.0876. The maximum atomic E-state index is 11.4. The van der Waals surface area contributed by atoms with Gasteiger partial charge in [-0.05, 0) is 19.3 Å². The van der Waals surface area contributed by atoms with E-state index in [2.05, 4.69) is 22.9 Å². The zero-order valence-corrected chi connectivity index (χ0v) is 14.6. The quantitative estimate of drug-likeness (QED) is 0.240. The number of alkyl halides is 1. The molecule has 0 radical (unpaired) electrons. The summed E-state index contributed by atoms with van der Waals surface area (Å²) >= 11 is 3.40. The first-order valence-electron chi connectivity index (χ1n) is 8.10. The largest absolute Gasteiger partial charge is 0.463 e. The van der Waals surface area contributed by atoms with E-state index in [0.29, 0.717) is 19.6 Å². The number of hydrogen-bond donors (Lipinski definition) is 0. The monoisotopic (exact) mass is 350 g/mol. The molecular formula is C16H31BrO3. The second-order valence-electron chi connectivity index (χ2n) is 5.10. The molecule has 0 aliphatic heterocycles. The number of carbonyl (C=O) groups is 1. The predicted molar refractivity (Wildman–Crippen MR) is 87.4 cm³/mol. The summed E-state index contributed by atoms with van der Waals surface area (Å²) in [5, 5.41) is 1.05. The molecule has 20 heavy (non-hydrogen) atoms. The van der Waals surface area contributed by atoms with E-state index in [4.69, 9.17) is 9.47 Å². The maximum Gasteiger partial charge on any atom is 0.305 e. The fraction of sp³-hybridized carbons (Fsp3) is 0.938. The standard InChI is InChI=1S/C16H31BrO3/c1-2-3-4-7-10-13-19-14-15-20-16(18)11-8-5-6-9-12-17/h2-15H2,1H3. The lowest BCUT2D eigenvalue weighted by Gasteiger charge is -2.06. The van der Waals surface area contributed by atoms with Gasteiger partial charge in [-0.15, -0.1) is 0 Å². The molecule has 0 saturated heterocycles. The molecule has 0 unspecified atom stereocenters. The summed E-state index contributed by atoms with van der Waals surface area (Å²) in [7, 11) is 0. The molecule has 0 atom stereocenters. The molecule has 0 N–H and O–H groups in total. The van der Waals surface area contributed by atoms with Crippen LogP contribution in [0.3, 0.4) is 0 Å². The normalized spacial score (nSPS) is 10.7. The average Bonchev–Trinajstić information content (AvgIpc) is 2.45. The van der Waals surface area contributed by atoms with E-state index in [-0.39, 0.29) is 5.97 Å². The zero-order valence-electron chi connectivity index (χ0n) is 13.0. The van der Waals surface area contributed by atoms with E-state index in [1.54, 1.807) is 0 Å². The van der Waals surface area contributed by atoms with Crippen molar-refractivity contribution in [3.8, 4) is 0 Å². The smallest absolute Gasteiger partial charge is 0.305 e. The Bertz CT molecular complexity index is 210. The van der Waals surface area contributed by atoms with E-state index in [9.17, 15) is 4.79 Å². The number of halogens is 1. The van der Waals surface area contributed by atoms with Crippen LogP contribution in [0, 0.1) is 0 Å². The lowest BCUT2D eigenvalue weighted by atomic mass is 10.2. The molecule has 0 bridgehead atoms. The molecule has 120 valence electrons. The first kappa shape index (κ1) is 19.9. The molecule has 3 nitrogen and oxygen atoms in total. The van der Waals surface area contributed by atoms with E-state index in [0.717, 1.165) is 31.2 Å². The van der Waals surface area contributed by atoms with Gasteiger partial charge in [0.1, 0.15) is 6.61 Å². The van der Waals surface area contributed by atoms with Crippen LogP contribution in [0.25, 0.3) is 0 Å². The number of ether oxygens (including phenoxy) is 2. The van der Waals surface area contributed by atoms with Gasteiger partial charge in [0.05, 0.1) is 6.61 Å². The van der Waals surface area contributed by atoms with Crippen molar-refractivity contribution in [1.82, 2.24) is 0 Å². The highest BCUT2D eigenvalue weighted by Crippen LogP contribution is 2.05. The first-order valence-corrected chi connectivity index (χ1v) is 9.22. The number of hydrogen-bond acceptors (Lipinski definition) is 3. The summed E-state index contributed by atoms with van der Waals surface area (Å²) < 4.78 is 10.6. The topological polar surface area (TPSA) is 35.5 Å². The summed E-state index contributed by atoms with van der Waals surface area (Å²) in [6.45, 7) is 3.93. The Hall–Kier alpha value is -0.0900. The fourth-order valence-electron chi connectivity index (χ4n) is 1.91. The third-order valence-corrected chi connectivity index (χ3v) is 3.71. The van der Waals surface area contributed by atoms with Crippen LogP contribution in [-0.2, 0) is 14.3 Å². The van der Waals surface area contributed by atoms with Gasteiger partial charge in [0, 0.05) is 18.4 Å². The van der Waals surface area contributed by atoms with Crippen molar-refractivity contribution in [2.24, 2.45) is 0 Å². The third kappa shape index (κ3) is 16.0. The minimum Gasteiger partial charge on any atom is -0.463 e. The third-order valence-electron chi connectivity index (χ3n) is 3.15. The SMILES string of the molecule is CCCCCCCOCCOC(=O)CCCCCCBr. The molecule has 0 heterocycles. The molecule has 0 aromatic carbocycles. The van der Waals surface area contributed by atoms with Crippen LogP contribution in [-0.4, -0.2) is 31.1 Å². The van der Waals surface area contributed by atoms with Crippen LogP contribution in [0.5, 0.6) is 0 Å². The first-order chi connectivity index (χ1) is 9.81. The number of carbonyl (C=O) groups excluding carboxylic acids is 1. The molecule has 0 aromatic rings. The molecule has 0 aliphatic rings. The molecule has 0 aliphatic carbocycles.